The van der Waals surface area contributed by atoms with E-state index < -0.39 is 18.0 Å². The number of carbonyl (C=O) groups is 1. The molecule has 1 rings (SSSR count). The van der Waals surface area contributed by atoms with Crippen LogP contribution in [0.1, 0.15) is 6.92 Å². The quantitative estimate of drug-likeness (QED) is 0.777. The average Bonchev–Trinajstić information content (AvgIpc) is 2.35. The molecule has 4 nitrogen and oxygen atoms in total. The van der Waals surface area contributed by atoms with Crippen molar-refractivity contribution in [3.05, 3.63) is 0 Å². The molecule has 1 aliphatic rings. The molecule has 0 radical (unpaired) electrons. The van der Waals surface area contributed by atoms with Crippen molar-refractivity contribution in [2.24, 2.45) is 5.73 Å². The predicted octanol–water partition coefficient (Wildman–Crippen LogP) is 0.675. The van der Waals surface area contributed by atoms with Gasteiger partial charge in [0.25, 0.3) is 0 Å². The standard InChI is InChI=1S/C10H16F5N3O/c1-7(6-16)17-2-4-18(5-3-17)8(19)9(11,12)10(13,14)15/h7H,2-6,16H2,1H3. The van der Waals surface area contributed by atoms with Crippen molar-refractivity contribution in [2.45, 2.75) is 25.1 Å². The number of carbonyl (C=O) groups excluding carboxylic acids is 1. The van der Waals surface area contributed by atoms with Crippen molar-refractivity contribution in [1.29, 1.82) is 0 Å². The van der Waals surface area contributed by atoms with E-state index in [1.165, 1.54) is 0 Å². The Bertz CT molecular complexity index is 326. The van der Waals surface area contributed by atoms with Crippen LogP contribution in [0.3, 0.4) is 0 Å². The van der Waals surface area contributed by atoms with Crippen LogP contribution in [0.4, 0.5) is 22.0 Å². The van der Waals surface area contributed by atoms with E-state index in [0.29, 0.717) is 11.4 Å². The highest BCUT2D eigenvalue weighted by molar-refractivity contribution is 5.84. The largest absolute Gasteiger partial charge is 0.463 e. The van der Waals surface area contributed by atoms with E-state index in [1.807, 2.05) is 11.8 Å². The fourth-order valence-electron chi connectivity index (χ4n) is 1.83. The molecular formula is C10H16F5N3O. The second-order valence-electron chi connectivity index (χ2n) is 4.49. The molecule has 1 unspecified atom stereocenters. The SMILES string of the molecule is CC(CN)N1CCN(C(=O)C(F)(F)C(F)(F)F)CC1. The van der Waals surface area contributed by atoms with Crippen LogP contribution in [0.2, 0.25) is 0 Å². The minimum absolute atomic E-state index is 0.000350. The zero-order chi connectivity index (χ0) is 14.8. The molecule has 1 saturated heterocycles. The Morgan fingerprint density at radius 2 is 1.63 bits per heavy atom. The van der Waals surface area contributed by atoms with Crippen LogP contribution >= 0.6 is 0 Å². The van der Waals surface area contributed by atoms with E-state index in [1.54, 1.807) is 0 Å². The second kappa shape index (κ2) is 5.58. The van der Waals surface area contributed by atoms with Gasteiger partial charge in [-0.1, -0.05) is 0 Å². The van der Waals surface area contributed by atoms with E-state index in [0.717, 1.165) is 0 Å². The Kier molecular flexibility index (Phi) is 4.72. The van der Waals surface area contributed by atoms with Gasteiger partial charge in [-0.2, -0.15) is 22.0 Å². The summed E-state index contributed by atoms with van der Waals surface area (Å²) in [7, 11) is 0. The number of nitrogens with zero attached hydrogens (tertiary/aromatic N) is 2. The van der Waals surface area contributed by atoms with Crippen LogP contribution in [0.5, 0.6) is 0 Å². The molecule has 9 heteroatoms. The number of hydrogen-bond donors (Lipinski definition) is 1. The van der Waals surface area contributed by atoms with Crippen molar-refractivity contribution in [3.8, 4) is 0 Å². The molecule has 0 aromatic carbocycles. The molecular weight excluding hydrogens is 273 g/mol. The molecule has 19 heavy (non-hydrogen) atoms. The maximum atomic E-state index is 12.9. The molecule has 1 heterocycles. The molecule has 0 bridgehead atoms. The first-order valence-electron chi connectivity index (χ1n) is 5.79. The van der Waals surface area contributed by atoms with Crippen LogP contribution in [-0.4, -0.2) is 66.6 Å². The van der Waals surface area contributed by atoms with Crippen molar-refractivity contribution in [3.63, 3.8) is 0 Å². The highest BCUT2D eigenvalue weighted by Gasteiger charge is 2.64. The number of nitrogens with two attached hydrogens (primary N) is 1. The van der Waals surface area contributed by atoms with Gasteiger partial charge in [0.1, 0.15) is 0 Å². The summed E-state index contributed by atoms with van der Waals surface area (Å²) in [4.78, 5) is 13.6. The molecule has 1 amide bonds. The van der Waals surface area contributed by atoms with Crippen LogP contribution in [0.15, 0.2) is 0 Å². The third kappa shape index (κ3) is 3.33. The van der Waals surface area contributed by atoms with Gasteiger partial charge in [0.05, 0.1) is 0 Å². The maximum Gasteiger partial charge on any atom is 0.463 e. The summed E-state index contributed by atoms with van der Waals surface area (Å²) in [6, 6.07) is 0.000350. The summed E-state index contributed by atoms with van der Waals surface area (Å²) >= 11 is 0. The third-order valence-electron chi connectivity index (χ3n) is 3.19. The van der Waals surface area contributed by atoms with Crippen LogP contribution in [-0.2, 0) is 4.79 Å². The van der Waals surface area contributed by atoms with E-state index >= 15 is 0 Å². The van der Waals surface area contributed by atoms with Crippen molar-refractivity contribution < 1.29 is 26.7 Å². The molecule has 0 spiro atoms. The minimum Gasteiger partial charge on any atom is -0.335 e. The fourth-order valence-corrected chi connectivity index (χ4v) is 1.83. The molecule has 1 fully saturated rings. The Balaban J connectivity index is 2.63. The smallest absolute Gasteiger partial charge is 0.335 e. The number of hydrogen-bond acceptors (Lipinski definition) is 3. The van der Waals surface area contributed by atoms with E-state index in [9.17, 15) is 26.7 Å². The van der Waals surface area contributed by atoms with Crippen LogP contribution in [0.25, 0.3) is 0 Å². The Hall–Kier alpha value is -0.960. The predicted molar refractivity (Wildman–Crippen MR) is 57.7 cm³/mol. The topological polar surface area (TPSA) is 49.6 Å². The first-order chi connectivity index (χ1) is 8.61. The lowest BCUT2D eigenvalue weighted by atomic mass is 10.2. The Morgan fingerprint density at radius 1 is 1.16 bits per heavy atom. The van der Waals surface area contributed by atoms with Gasteiger partial charge in [-0.15, -0.1) is 0 Å². The van der Waals surface area contributed by atoms with Crippen LogP contribution < -0.4 is 5.73 Å². The van der Waals surface area contributed by atoms with Crippen molar-refractivity contribution in [2.75, 3.05) is 32.7 Å². The highest BCUT2D eigenvalue weighted by Crippen LogP contribution is 2.37. The van der Waals surface area contributed by atoms with Gasteiger partial charge in [-0.25, -0.2) is 0 Å². The second-order valence-corrected chi connectivity index (χ2v) is 4.49. The van der Waals surface area contributed by atoms with Gasteiger partial charge in [0.15, 0.2) is 0 Å². The highest BCUT2D eigenvalue weighted by atomic mass is 19.4. The lowest BCUT2D eigenvalue weighted by molar-refractivity contribution is -0.274. The first-order valence-corrected chi connectivity index (χ1v) is 5.79. The summed E-state index contributed by atoms with van der Waals surface area (Å²) < 4.78 is 62.0. The Labute approximate surface area is 107 Å². The zero-order valence-electron chi connectivity index (χ0n) is 10.4. The summed E-state index contributed by atoms with van der Waals surface area (Å²) in [6.07, 6.45) is -5.86. The summed E-state index contributed by atoms with van der Waals surface area (Å²) in [5, 5.41) is 0. The van der Waals surface area contributed by atoms with Gasteiger partial charge >= 0.3 is 18.0 Å². The number of alkyl halides is 5. The lowest BCUT2D eigenvalue weighted by Gasteiger charge is -2.38. The van der Waals surface area contributed by atoms with E-state index in [4.69, 9.17) is 5.73 Å². The molecule has 112 valence electrons. The molecule has 1 aliphatic heterocycles. The number of halogens is 5. The number of amides is 1. The summed E-state index contributed by atoms with van der Waals surface area (Å²) in [5.41, 5.74) is 5.43. The normalized spacial score (nSPS) is 20.5. The van der Waals surface area contributed by atoms with Crippen molar-refractivity contribution in [1.82, 2.24) is 9.80 Å². The third-order valence-corrected chi connectivity index (χ3v) is 3.19. The van der Waals surface area contributed by atoms with Crippen LogP contribution in [0, 0.1) is 0 Å². The molecule has 2 N–H and O–H groups in total. The maximum absolute atomic E-state index is 12.9. The summed E-state index contributed by atoms with van der Waals surface area (Å²) in [5.74, 6) is -7.51. The van der Waals surface area contributed by atoms with Crippen molar-refractivity contribution >= 4 is 5.91 Å². The van der Waals surface area contributed by atoms with Gasteiger partial charge in [-0.05, 0) is 6.92 Å². The van der Waals surface area contributed by atoms with Gasteiger partial charge in [-0.3, -0.25) is 9.69 Å². The Morgan fingerprint density at radius 3 is 2.00 bits per heavy atom. The first kappa shape index (κ1) is 16.1. The molecule has 0 aromatic rings. The van der Waals surface area contributed by atoms with Gasteiger partial charge in [0.2, 0.25) is 0 Å². The molecule has 0 aliphatic carbocycles. The lowest BCUT2D eigenvalue weighted by Crippen LogP contribution is -2.58. The van der Waals surface area contributed by atoms with Gasteiger partial charge in [0, 0.05) is 38.8 Å². The number of piperazine rings is 1. The monoisotopic (exact) mass is 289 g/mol. The molecule has 0 saturated carbocycles. The average molecular weight is 289 g/mol. The molecule has 0 aromatic heterocycles. The zero-order valence-corrected chi connectivity index (χ0v) is 10.4. The minimum atomic E-state index is -5.86. The fraction of sp³-hybridized carbons (Fsp3) is 0.900. The molecule has 1 atom stereocenters. The number of rotatable bonds is 3. The van der Waals surface area contributed by atoms with E-state index in [2.05, 4.69) is 0 Å². The van der Waals surface area contributed by atoms with E-state index in [-0.39, 0.29) is 32.2 Å². The van der Waals surface area contributed by atoms with Gasteiger partial charge < -0.3 is 10.6 Å². The summed E-state index contributed by atoms with van der Waals surface area (Å²) in [6.45, 7) is 2.33.